The molecule has 4 heteroatoms. The first-order valence-electron chi connectivity index (χ1n) is 9.13. The van der Waals surface area contributed by atoms with Gasteiger partial charge in [-0.15, -0.1) is 0 Å². The minimum absolute atomic E-state index is 0.0422. The average molecular weight is 421 g/mol. The molecule has 1 aliphatic rings. The lowest BCUT2D eigenvalue weighted by Crippen LogP contribution is -2.44. The number of para-hydroxylation sites is 2. The number of fused-ring (bicyclic) bond motifs is 1. The largest absolute Gasteiger partial charge is 0.378 e. The van der Waals surface area contributed by atoms with Crippen molar-refractivity contribution in [1.29, 1.82) is 0 Å². The van der Waals surface area contributed by atoms with E-state index in [9.17, 15) is 4.79 Å². The van der Waals surface area contributed by atoms with Crippen LogP contribution in [0.5, 0.6) is 0 Å². The highest BCUT2D eigenvalue weighted by Gasteiger charge is 2.34. The van der Waals surface area contributed by atoms with Crippen LogP contribution >= 0.6 is 15.9 Å². The van der Waals surface area contributed by atoms with Crippen LogP contribution in [0.3, 0.4) is 0 Å². The maximum Gasteiger partial charge on any atom is 0.258 e. The van der Waals surface area contributed by atoms with E-state index in [2.05, 4.69) is 46.4 Å². The van der Waals surface area contributed by atoms with Gasteiger partial charge >= 0.3 is 0 Å². The Kier molecular flexibility index (Phi) is 4.99. The summed E-state index contributed by atoms with van der Waals surface area (Å²) in [4.78, 5) is 15.2. The van der Waals surface area contributed by atoms with E-state index in [0.717, 1.165) is 27.8 Å². The fourth-order valence-electron chi connectivity index (χ4n) is 3.73. The Morgan fingerprint density at radius 3 is 2.37 bits per heavy atom. The summed E-state index contributed by atoms with van der Waals surface area (Å²) in [5, 5.41) is 3.63. The van der Waals surface area contributed by atoms with Gasteiger partial charge in [-0.25, -0.2) is 0 Å². The second-order valence-corrected chi connectivity index (χ2v) is 7.80. The van der Waals surface area contributed by atoms with Gasteiger partial charge in [-0.05, 0) is 61.4 Å². The van der Waals surface area contributed by atoms with Crippen molar-refractivity contribution in [2.24, 2.45) is 0 Å². The molecule has 1 amide bonds. The quantitative estimate of drug-likeness (QED) is 0.559. The number of hydrogen-bond donors (Lipinski definition) is 1. The van der Waals surface area contributed by atoms with E-state index < -0.39 is 0 Å². The number of nitrogens with zero attached hydrogens (tertiary/aromatic N) is 1. The van der Waals surface area contributed by atoms with Crippen molar-refractivity contribution in [3.05, 3.63) is 94.5 Å². The molecule has 0 saturated heterocycles. The average Bonchev–Trinajstić information content (AvgIpc) is 2.69. The standard InChI is InChI=1S/C23H21BrN2O/c1-16-15-21(25-19-7-3-2-4-8-19)20-9-5-6-10-22(20)26(16)23(27)17-11-13-18(24)14-12-17/h2-14,16,21,25H,15H2,1H3/t16-,21-/m0/s1. The van der Waals surface area contributed by atoms with Crippen LogP contribution in [0.1, 0.15) is 35.3 Å². The Bertz CT molecular complexity index is 940. The monoisotopic (exact) mass is 420 g/mol. The summed E-state index contributed by atoms with van der Waals surface area (Å²) in [5.74, 6) is 0.0422. The van der Waals surface area contributed by atoms with Crippen LogP contribution < -0.4 is 10.2 Å². The van der Waals surface area contributed by atoms with E-state index in [4.69, 9.17) is 0 Å². The van der Waals surface area contributed by atoms with Crippen LogP contribution in [-0.2, 0) is 0 Å². The van der Waals surface area contributed by atoms with Gasteiger partial charge in [0.15, 0.2) is 0 Å². The first-order chi connectivity index (χ1) is 13.1. The number of carbonyl (C=O) groups is 1. The molecule has 0 aromatic heterocycles. The molecule has 0 aliphatic carbocycles. The third-order valence-electron chi connectivity index (χ3n) is 5.01. The van der Waals surface area contributed by atoms with E-state index in [1.165, 1.54) is 0 Å². The molecule has 27 heavy (non-hydrogen) atoms. The lowest BCUT2D eigenvalue weighted by molar-refractivity contribution is 0.0974. The van der Waals surface area contributed by atoms with Gasteiger partial charge < -0.3 is 10.2 Å². The van der Waals surface area contributed by atoms with E-state index in [1.807, 2.05) is 65.6 Å². The highest BCUT2D eigenvalue weighted by Crippen LogP contribution is 2.39. The molecule has 0 radical (unpaired) electrons. The molecule has 2 atom stereocenters. The third-order valence-corrected chi connectivity index (χ3v) is 5.54. The van der Waals surface area contributed by atoms with Crippen molar-refractivity contribution < 1.29 is 4.79 Å². The van der Waals surface area contributed by atoms with E-state index in [-0.39, 0.29) is 18.0 Å². The van der Waals surface area contributed by atoms with E-state index >= 15 is 0 Å². The SMILES string of the molecule is C[C@H]1C[C@H](Nc2ccccc2)c2ccccc2N1C(=O)c1ccc(Br)cc1. The molecule has 1 N–H and O–H groups in total. The lowest BCUT2D eigenvalue weighted by atomic mass is 9.90. The normalized spacial score (nSPS) is 18.7. The highest BCUT2D eigenvalue weighted by molar-refractivity contribution is 9.10. The zero-order chi connectivity index (χ0) is 18.8. The summed E-state index contributed by atoms with van der Waals surface area (Å²) in [7, 11) is 0. The molecule has 0 saturated carbocycles. The summed E-state index contributed by atoms with van der Waals surface area (Å²) in [6.07, 6.45) is 0.855. The summed E-state index contributed by atoms with van der Waals surface area (Å²) in [5.41, 5.74) is 3.94. The maximum atomic E-state index is 13.2. The fraction of sp³-hybridized carbons (Fsp3) is 0.174. The number of anilines is 2. The summed E-state index contributed by atoms with van der Waals surface area (Å²) >= 11 is 3.43. The Morgan fingerprint density at radius 2 is 1.63 bits per heavy atom. The van der Waals surface area contributed by atoms with Gasteiger partial charge in [0, 0.05) is 27.5 Å². The molecule has 3 aromatic carbocycles. The third kappa shape index (κ3) is 3.62. The van der Waals surface area contributed by atoms with E-state index in [0.29, 0.717) is 5.56 Å². The summed E-state index contributed by atoms with van der Waals surface area (Å²) < 4.78 is 0.971. The lowest BCUT2D eigenvalue weighted by Gasteiger charge is -2.40. The molecular weight excluding hydrogens is 400 g/mol. The van der Waals surface area contributed by atoms with Gasteiger partial charge in [-0.3, -0.25) is 4.79 Å². The molecule has 0 spiro atoms. The number of carbonyl (C=O) groups excluding carboxylic acids is 1. The number of halogens is 1. The number of hydrogen-bond acceptors (Lipinski definition) is 2. The van der Waals surface area contributed by atoms with Crippen LogP contribution in [0.25, 0.3) is 0 Å². The van der Waals surface area contributed by atoms with Gasteiger partial charge in [-0.2, -0.15) is 0 Å². The van der Waals surface area contributed by atoms with Crippen molar-refractivity contribution >= 4 is 33.2 Å². The van der Waals surface area contributed by atoms with Crippen LogP contribution in [-0.4, -0.2) is 11.9 Å². The van der Waals surface area contributed by atoms with Gasteiger partial charge in [0.2, 0.25) is 0 Å². The van der Waals surface area contributed by atoms with Gasteiger partial charge in [0.25, 0.3) is 5.91 Å². The molecule has 0 bridgehead atoms. The van der Waals surface area contributed by atoms with Crippen molar-refractivity contribution in [1.82, 2.24) is 0 Å². The molecule has 4 rings (SSSR count). The zero-order valence-electron chi connectivity index (χ0n) is 15.1. The maximum absolute atomic E-state index is 13.2. The van der Waals surface area contributed by atoms with Crippen molar-refractivity contribution in [2.45, 2.75) is 25.4 Å². The zero-order valence-corrected chi connectivity index (χ0v) is 16.7. The van der Waals surface area contributed by atoms with Gasteiger partial charge in [0.05, 0.1) is 6.04 Å². The second-order valence-electron chi connectivity index (χ2n) is 6.89. The smallest absolute Gasteiger partial charge is 0.258 e. The number of nitrogens with one attached hydrogen (secondary N) is 1. The minimum Gasteiger partial charge on any atom is -0.378 e. The van der Waals surface area contributed by atoms with Crippen molar-refractivity contribution in [2.75, 3.05) is 10.2 Å². The first-order valence-corrected chi connectivity index (χ1v) is 9.92. The van der Waals surface area contributed by atoms with Crippen LogP contribution in [0, 0.1) is 0 Å². The Hall–Kier alpha value is -2.59. The number of rotatable bonds is 3. The molecule has 3 aromatic rings. The van der Waals surface area contributed by atoms with Crippen molar-refractivity contribution in [3.63, 3.8) is 0 Å². The predicted molar refractivity (Wildman–Crippen MR) is 114 cm³/mol. The van der Waals surface area contributed by atoms with Crippen LogP contribution in [0.4, 0.5) is 11.4 Å². The molecule has 3 nitrogen and oxygen atoms in total. The van der Waals surface area contributed by atoms with Crippen molar-refractivity contribution in [3.8, 4) is 0 Å². The predicted octanol–water partition coefficient (Wildman–Crippen LogP) is 6.04. The molecule has 136 valence electrons. The molecule has 0 unspecified atom stereocenters. The molecular formula is C23H21BrN2O. The number of benzene rings is 3. The fourth-order valence-corrected chi connectivity index (χ4v) is 3.99. The Morgan fingerprint density at radius 1 is 0.963 bits per heavy atom. The summed E-state index contributed by atoms with van der Waals surface area (Å²) in [6, 6.07) is 26.3. The minimum atomic E-state index is 0.0422. The van der Waals surface area contributed by atoms with E-state index in [1.54, 1.807) is 0 Å². The topological polar surface area (TPSA) is 32.3 Å². The first kappa shape index (κ1) is 17.8. The molecule has 1 heterocycles. The molecule has 1 aliphatic heterocycles. The Labute approximate surface area is 168 Å². The molecule has 0 fully saturated rings. The van der Waals surface area contributed by atoms with Gasteiger partial charge in [-0.1, -0.05) is 52.3 Å². The number of amides is 1. The van der Waals surface area contributed by atoms with Crippen LogP contribution in [0.15, 0.2) is 83.3 Å². The van der Waals surface area contributed by atoms with Crippen LogP contribution in [0.2, 0.25) is 0 Å². The van der Waals surface area contributed by atoms with Gasteiger partial charge in [0.1, 0.15) is 0 Å². The summed E-state index contributed by atoms with van der Waals surface area (Å²) in [6.45, 7) is 2.12. The Balaban J connectivity index is 1.68. The second kappa shape index (κ2) is 7.57. The highest BCUT2D eigenvalue weighted by atomic mass is 79.9.